The zero-order chi connectivity index (χ0) is 11.7. The van der Waals surface area contributed by atoms with E-state index < -0.39 is 0 Å². The average Bonchev–Trinajstić information content (AvgIpc) is 3.00. The lowest BCUT2D eigenvalue weighted by atomic mass is 9.88. The van der Waals surface area contributed by atoms with Gasteiger partial charge in [-0.3, -0.25) is 0 Å². The molecule has 2 aliphatic heterocycles. The summed E-state index contributed by atoms with van der Waals surface area (Å²) in [6, 6.07) is 0.759. The van der Waals surface area contributed by atoms with E-state index in [0.29, 0.717) is 0 Å². The number of nitrogens with zero attached hydrogens (tertiary/aromatic N) is 3. The number of thiazole rings is 1. The third-order valence-electron chi connectivity index (χ3n) is 4.27. The van der Waals surface area contributed by atoms with Crippen LogP contribution in [0.2, 0.25) is 0 Å². The van der Waals surface area contributed by atoms with Crippen molar-refractivity contribution in [3.63, 3.8) is 0 Å². The molecule has 94 valence electrons. The predicted molar refractivity (Wildman–Crippen MR) is 72.7 cm³/mol. The molecular formula is C13H21N3S. The number of aromatic nitrogens is 1. The SMILES string of the molecule is CN1CCC([C@@H]2CCCN2c2nccs2)CC1. The van der Waals surface area contributed by atoms with Gasteiger partial charge in [-0.1, -0.05) is 0 Å². The first kappa shape index (κ1) is 11.5. The van der Waals surface area contributed by atoms with Gasteiger partial charge >= 0.3 is 0 Å². The van der Waals surface area contributed by atoms with Crippen LogP contribution in [0.4, 0.5) is 5.13 Å². The van der Waals surface area contributed by atoms with Crippen molar-refractivity contribution in [1.82, 2.24) is 9.88 Å². The molecule has 0 saturated carbocycles. The molecule has 0 unspecified atom stereocenters. The lowest BCUT2D eigenvalue weighted by Gasteiger charge is -2.36. The Bertz CT molecular complexity index is 344. The summed E-state index contributed by atoms with van der Waals surface area (Å²) in [5.41, 5.74) is 0. The lowest BCUT2D eigenvalue weighted by molar-refractivity contribution is 0.199. The first-order valence-electron chi connectivity index (χ1n) is 6.69. The van der Waals surface area contributed by atoms with Crippen molar-refractivity contribution in [1.29, 1.82) is 0 Å². The van der Waals surface area contributed by atoms with Crippen molar-refractivity contribution >= 4 is 16.5 Å². The summed E-state index contributed by atoms with van der Waals surface area (Å²) in [4.78, 5) is 9.52. The Morgan fingerprint density at radius 2 is 2.06 bits per heavy atom. The highest BCUT2D eigenvalue weighted by atomic mass is 32.1. The van der Waals surface area contributed by atoms with Crippen LogP contribution in [0.1, 0.15) is 25.7 Å². The third-order valence-corrected chi connectivity index (χ3v) is 5.08. The van der Waals surface area contributed by atoms with Gasteiger partial charge in [0.05, 0.1) is 0 Å². The summed E-state index contributed by atoms with van der Waals surface area (Å²) in [6.07, 6.45) is 7.38. The van der Waals surface area contributed by atoms with Crippen LogP contribution in [0.5, 0.6) is 0 Å². The summed E-state index contributed by atoms with van der Waals surface area (Å²) in [5, 5.41) is 3.34. The van der Waals surface area contributed by atoms with Gasteiger partial charge in [-0.25, -0.2) is 4.98 Å². The van der Waals surface area contributed by atoms with Gasteiger partial charge in [0.1, 0.15) is 0 Å². The number of hydrogen-bond acceptors (Lipinski definition) is 4. The number of anilines is 1. The molecule has 0 N–H and O–H groups in total. The smallest absolute Gasteiger partial charge is 0.185 e. The molecule has 4 heteroatoms. The Labute approximate surface area is 107 Å². The van der Waals surface area contributed by atoms with E-state index in [-0.39, 0.29) is 0 Å². The van der Waals surface area contributed by atoms with Gasteiger partial charge in [0.25, 0.3) is 0 Å². The van der Waals surface area contributed by atoms with Gasteiger partial charge in [0.2, 0.25) is 0 Å². The fraction of sp³-hybridized carbons (Fsp3) is 0.769. The van der Waals surface area contributed by atoms with Gasteiger partial charge in [0.15, 0.2) is 5.13 Å². The van der Waals surface area contributed by atoms with E-state index in [0.717, 1.165) is 12.0 Å². The molecule has 2 saturated heterocycles. The summed E-state index contributed by atoms with van der Waals surface area (Å²) in [6.45, 7) is 3.75. The highest BCUT2D eigenvalue weighted by Gasteiger charge is 2.34. The first-order chi connectivity index (χ1) is 8.34. The molecule has 1 aromatic rings. The van der Waals surface area contributed by atoms with Gasteiger partial charge in [-0.15, -0.1) is 11.3 Å². The number of hydrogen-bond donors (Lipinski definition) is 0. The predicted octanol–water partition coefficient (Wildman–Crippen LogP) is 2.45. The molecule has 3 heterocycles. The van der Waals surface area contributed by atoms with Gasteiger partial charge < -0.3 is 9.80 Å². The van der Waals surface area contributed by atoms with Crippen LogP contribution in [0.25, 0.3) is 0 Å². The van der Waals surface area contributed by atoms with Crippen LogP contribution >= 0.6 is 11.3 Å². The Hall–Kier alpha value is -0.610. The summed E-state index contributed by atoms with van der Waals surface area (Å²) in [5.74, 6) is 0.887. The molecule has 1 aromatic heterocycles. The summed E-state index contributed by atoms with van der Waals surface area (Å²) in [7, 11) is 2.24. The molecule has 0 aliphatic carbocycles. The number of likely N-dealkylation sites (tertiary alicyclic amines) is 1. The van der Waals surface area contributed by atoms with E-state index in [1.807, 2.05) is 6.20 Å². The molecule has 17 heavy (non-hydrogen) atoms. The Morgan fingerprint density at radius 1 is 1.24 bits per heavy atom. The minimum Gasteiger partial charge on any atom is -0.345 e. The Kier molecular flexibility index (Phi) is 3.34. The molecule has 0 spiro atoms. The summed E-state index contributed by atoms with van der Waals surface area (Å²) < 4.78 is 0. The normalized spacial score (nSPS) is 27.8. The van der Waals surface area contributed by atoms with Crippen LogP contribution in [-0.2, 0) is 0 Å². The highest BCUT2D eigenvalue weighted by Crippen LogP contribution is 2.34. The van der Waals surface area contributed by atoms with Crippen molar-refractivity contribution in [2.24, 2.45) is 5.92 Å². The van der Waals surface area contributed by atoms with Crippen molar-refractivity contribution in [2.45, 2.75) is 31.7 Å². The zero-order valence-electron chi connectivity index (χ0n) is 10.5. The minimum atomic E-state index is 0.759. The first-order valence-corrected chi connectivity index (χ1v) is 7.57. The molecular weight excluding hydrogens is 230 g/mol. The molecule has 0 bridgehead atoms. The van der Waals surface area contributed by atoms with E-state index in [4.69, 9.17) is 0 Å². The maximum absolute atomic E-state index is 4.49. The molecule has 2 fully saturated rings. The Balaban J connectivity index is 1.69. The molecule has 1 atom stereocenters. The van der Waals surface area contributed by atoms with E-state index >= 15 is 0 Å². The topological polar surface area (TPSA) is 19.4 Å². The maximum Gasteiger partial charge on any atom is 0.185 e. The third kappa shape index (κ3) is 2.33. The number of rotatable bonds is 2. The van der Waals surface area contributed by atoms with E-state index in [1.165, 1.54) is 50.4 Å². The monoisotopic (exact) mass is 251 g/mol. The van der Waals surface area contributed by atoms with Crippen LogP contribution in [0, 0.1) is 5.92 Å². The van der Waals surface area contributed by atoms with Crippen molar-refractivity contribution in [2.75, 3.05) is 31.6 Å². The quantitative estimate of drug-likeness (QED) is 0.805. The van der Waals surface area contributed by atoms with Gasteiger partial charge in [0, 0.05) is 24.2 Å². The minimum absolute atomic E-state index is 0.759. The lowest BCUT2D eigenvalue weighted by Crippen LogP contribution is -2.41. The molecule has 0 amide bonds. The standard InChI is InChI=1S/C13H21N3S/c1-15-8-4-11(5-9-15)12-3-2-7-16(12)13-14-6-10-17-13/h6,10-12H,2-5,7-9H2,1H3/t12-/m0/s1. The molecule has 3 rings (SSSR count). The highest BCUT2D eigenvalue weighted by molar-refractivity contribution is 7.13. The molecule has 3 nitrogen and oxygen atoms in total. The van der Waals surface area contributed by atoms with Crippen molar-refractivity contribution in [3.8, 4) is 0 Å². The van der Waals surface area contributed by atoms with Crippen LogP contribution in [0.15, 0.2) is 11.6 Å². The average molecular weight is 251 g/mol. The van der Waals surface area contributed by atoms with Crippen molar-refractivity contribution < 1.29 is 0 Å². The molecule has 2 aliphatic rings. The molecule has 0 aromatic carbocycles. The van der Waals surface area contributed by atoms with Gasteiger partial charge in [-0.2, -0.15) is 0 Å². The second kappa shape index (κ2) is 4.94. The fourth-order valence-electron chi connectivity index (χ4n) is 3.29. The second-order valence-electron chi connectivity index (χ2n) is 5.36. The number of piperidine rings is 1. The largest absolute Gasteiger partial charge is 0.345 e. The Morgan fingerprint density at radius 3 is 2.76 bits per heavy atom. The van der Waals surface area contributed by atoms with E-state index in [1.54, 1.807) is 11.3 Å². The fourth-order valence-corrected chi connectivity index (χ4v) is 4.02. The maximum atomic E-state index is 4.49. The van der Waals surface area contributed by atoms with Crippen LogP contribution in [-0.4, -0.2) is 42.6 Å². The summed E-state index contributed by atoms with van der Waals surface area (Å²) >= 11 is 1.79. The van der Waals surface area contributed by atoms with Crippen molar-refractivity contribution in [3.05, 3.63) is 11.6 Å². The van der Waals surface area contributed by atoms with E-state index in [2.05, 4.69) is 27.2 Å². The second-order valence-corrected chi connectivity index (χ2v) is 6.23. The molecule has 0 radical (unpaired) electrons. The van der Waals surface area contributed by atoms with Gasteiger partial charge in [-0.05, 0) is 51.7 Å². The van der Waals surface area contributed by atoms with E-state index in [9.17, 15) is 0 Å². The zero-order valence-corrected chi connectivity index (χ0v) is 11.3. The van der Waals surface area contributed by atoms with Crippen LogP contribution in [0.3, 0.4) is 0 Å². The van der Waals surface area contributed by atoms with Crippen LogP contribution < -0.4 is 4.90 Å².